The minimum Gasteiger partial charge on any atom is -0.490 e. The normalized spacial score (nSPS) is 11.6. The lowest BCUT2D eigenvalue weighted by molar-refractivity contribution is -0.137. The van der Waals surface area contributed by atoms with E-state index < -0.39 is 5.97 Å². The SMILES string of the molecule is CCC(=CC(=O)N(CC)CC)c1cc2c(Br)ccc(OCCCC(=O)O)c2o1. The minimum atomic E-state index is -0.847. The molecule has 152 valence electrons. The topological polar surface area (TPSA) is 80.0 Å². The van der Waals surface area contributed by atoms with Crippen LogP contribution in [0.1, 0.15) is 45.8 Å². The Labute approximate surface area is 173 Å². The summed E-state index contributed by atoms with van der Waals surface area (Å²) in [5, 5.41) is 9.59. The Hall–Kier alpha value is -2.28. The first-order valence-electron chi connectivity index (χ1n) is 9.47. The maximum atomic E-state index is 12.5. The van der Waals surface area contributed by atoms with E-state index in [0.29, 0.717) is 43.0 Å². The number of rotatable bonds is 10. The summed E-state index contributed by atoms with van der Waals surface area (Å²) in [4.78, 5) is 24.8. The molecule has 6 nitrogen and oxygen atoms in total. The summed E-state index contributed by atoms with van der Waals surface area (Å²) in [6.45, 7) is 7.48. The van der Waals surface area contributed by atoms with Gasteiger partial charge in [0.15, 0.2) is 11.3 Å². The zero-order valence-electron chi connectivity index (χ0n) is 16.5. The van der Waals surface area contributed by atoms with Crippen LogP contribution in [0, 0.1) is 0 Å². The molecule has 0 aliphatic rings. The first kappa shape index (κ1) is 22.0. The number of halogens is 1. The fourth-order valence-corrected chi connectivity index (χ4v) is 3.29. The molecule has 1 heterocycles. The van der Waals surface area contributed by atoms with Gasteiger partial charge < -0.3 is 19.2 Å². The van der Waals surface area contributed by atoms with Crippen molar-refractivity contribution in [1.82, 2.24) is 4.90 Å². The number of nitrogens with zero attached hydrogens (tertiary/aromatic N) is 1. The lowest BCUT2D eigenvalue weighted by Crippen LogP contribution is -2.28. The van der Waals surface area contributed by atoms with Gasteiger partial charge in [-0.2, -0.15) is 0 Å². The standard InChI is InChI=1S/C21H26BrNO5/c1-4-14(12-19(24)23(5-2)6-3)18-13-15-16(22)9-10-17(21(15)28-18)27-11-7-8-20(25)26/h9-10,12-13H,4-8,11H2,1-3H3,(H,25,26). The van der Waals surface area contributed by atoms with Crippen molar-refractivity contribution in [2.75, 3.05) is 19.7 Å². The number of aliphatic carboxylic acids is 1. The molecule has 0 fully saturated rings. The van der Waals surface area contributed by atoms with E-state index in [1.165, 1.54) is 0 Å². The average molecular weight is 452 g/mol. The second kappa shape index (κ2) is 10.3. The maximum absolute atomic E-state index is 12.5. The second-order valence-electron chi connectivity index (χ2n) is 6.28. The summed E-state index contributed by atoms with van der Waals surface area (Å²) in [6, 6.07) is 5.55. The molecule has 0 aliphatic carbocycles. The molecule has 0 spiro atoms. The first-order chi connectivity index (χ1) is 13.4. The van der Waals surface area contributed by atoms with Crippen LogP contribution in [0.5, 0.6) is 5.75 Å². The molecular formula is C21H26BrNO5. The van der Waals surface area contributed by atoms with Crippen LogP contribution in [0.3, 0.4) is 0 Å². The largest absolute Gasteiger partial charge is 0.490 e. The molecule has 28 heavy (non-hydrogen) atoms. The van der Waals surface area contributed by atoms with Crippen molar-refractivity contribution in [3.05, 3.63) is 34.5 Å². The van der Waals surface area contributed by atoms with E-state index in [-0.39, 0.29) is 18.9 Å². The third-order valence-corrected chi connectivity index (χ3v) is 5.15. The molecular weight excluding hydrogens is 426 g/mol. The van der Waals surface area contributed by atoms with Gasteiger partial charge in [0.05, 0.1) is 6.61 Å². The average Bonchev–Trinajstić information content (AvgIpc) is 3.12. The fourth-order valence-electron chi connectivity index (χ4n) is 2.87. The minimum absolute atomic E-state index is 0.0356. The number of furan rings is 1. The quantitative estimate of drug-likeness (QED) is 0.401. The molecule has 2 aromatic rings. The maximum Gasteiger partial charge on any atom is 0.303 e. The van der Waals surface area contributed by atoms with Gasteiger partial charge in [0.25, 0.3) is 0 Å². The van der Waals surface area contributed by atoms with Crippen LogP contribution in [0.15, 0.2) is 33.2 Å². The van der Waals surface area contributed by atoms with Crippen LogP contribution in [0.25, 0.3) is 16.5 Å². The van der Waals surface area contributed by atoms with E-state index in [9.17, 15) is 9.59 Å². The summed E-state index contributed by atoms with van der Waals surface area (Å²) in [5.74, 6) is 0.299. The summed E-state index contributed by atoms with van der Waals surface area (Å²) in [6.07, 6.45) is 2.75. The van der Waals surface area contributed by atoms with Crippen LogP contribution in [0.4, 0.5) is 0 Å². The zero-order chi connectivity index (χ0) is 20.7. The first-order valence-corrected chi connectivity index (χ1v) is 10.3. The number of carbonyl (C=O) groups is 2. The predicted molar refractivity (Wildman–Crippen MR) is 112 cm³/mol. The molecule has 1 amide bonds. The van der Waals surface area contributed by atoms with Gasteiger partial charge in [-0.25, -0.2) is 0 Å². The van der Waals surface area contributed by atoms with E-state index in [4.69, 9.17) is 14.3 Å². The number of allylic oxidation sites excluding steroid dienone is 1. The van der Waals surface area contributed by atoms with Crippen molar-refractivity contribution >= 4 is 44.3 Å². The Bertz CT molecular complexity index is 867. The summed E-state index contributed by atoms with van der Waals surface area (Å²) < 4.78 is 12.6. The highest BCUT2D eigenvalue weighted by molar-refractivity contribution is 9.10. The number of hydrogen-bond donors (Lipinski definition) is 1. The Morgan fingerprint density at radius 1 is 1.25 bits per heavy atom. The van der Waals surface area contributed by atoms with E-state index in [1.54, 1.807) is 17.0 Å². The van der Waals surface area contributed by atoms with Crippen LogP contribution in [-0.4, -0.2) is 41.6 Å². The number of carboxylic acids is 1. The Morgan fingerprint density at radius 3 is 2.57 bits per heavy atom. The second-order valence-corrected chi connectivity index (χ2v) is 7.13. The molecule has 2 rings (SSSR count). The van der Waals surface area contributed by atoms with E-state index in [1.807, 2.05) is 32.9 Å². The predicted octanol–water partition coefficient (Wildman–Crippen LogP) is 5.10. The van der Waals surface area contributed by atoms with Gasteiger partial charge in [0.1, 0.15) is 5.76 Å². The van der Waals surface area contributed by atoms with Gasteiger partial charge in [-0.1, -0.05) is 22.9 Å². The van der Waals surface area contributed by atoms with Crippen LogP contribution in [-0.2, 0) is 9.59 Å². The van der Waals surface area contributed by atoms with Crippen molar-refractivity contribution in [3.8, 4) is 5.75 Å². The van der Waals surface area contributed by atoms with Crippen molar-refractivity contribution in [1.29, 1.82) is 0 Å². The van der Waals surface area contributed by atoms with Crippen molar-refractivity contribution in [2.24, 2.45) is 0 Å². The molecule has 0 saturated heterocycles. The van der Waals surface area contributed by atoms with Crippen LogP contribution < -0.4 is 4.74 Å². The summed E-state index contributed by atoms with van der Waals surface area (Å²) >= 11 is 3.52. The molecule has 0 atom stereocenters. The van der Waals surface area contributed by atoms with E-state index >= 15 is 0 Å². The molecule has 0 unspecified atom stereocenters. The highest BCUT2D eigenvalue weighted by Crippen LogP contribution is 2.37. The lowest BCUT2D eigenvalue weighted by Gasteiger charge is -2.16. The van der Waals surface area contributed by atoms with Crippen molar-refractivity contribution in [3.63, 3.8) is 0 Å². The molecule has 1 aromatic carbocycles. The number of carbonyl (C=O) groups excluding carboxylic acids is 1. The fraction of sp³-hybridized carbons (Fsp3) is 0.429. The van der Waals surface area contributed by atoms with Gasteiger partial charge in [0, 0.05) is 35.4 Å². The molecule has 0 aliphatic heterocycles. The van der Waals surface area contributed by atoms with E-state index in [2.05, 4.69) is 15.9 Å². The number of carboxylic acid groups (broad SMARTS) is 1. The number of amides is 1. The molecule has 7 heteroatoms. The van der Waals surface area contributed by atoms with Crippen molar-refractivity contribution in [2.45, 2.75) is 40.0 Å². The Kier molecular flexibility index (Phi) is 8.11. The summed E-state index contributed by atoms with van der Waals surface area (Å²) in [7, 11) is 0. The van der Waals surface area contributed by atoms with Gasteiger partial charge in [-0.3, -0.25) is 9.59 Å². The molecule has 0 radical (unpaired) electrons. The third-order valence-electron chi connectivity index (χ3n) is 4.46. The highest BCUT2D eigenvalue weighted by atomic mass is 79.9. The number of likely N-dealkylation sites (N-methyl/N-ethyl adjacent to an activating group) is 1. The number of benzene rings is 1. The lowest BCUT2D eigenvalue weighted by atomic mass is 10.1. The number of ether oxygens (including phenoxy) is 1. The molecule has 0 saturated carbocycles. The van der Waals surface area contributed by atoms with Gasteiger partial charge in [-0.05, 0) is 50.5 Å². The number of hydrogen-bond acceptors (Lipinski definition) is 4. The monoisotopic (exact) mass is 451 g/mol. The van der Waals surface area contributed by atoms with Gasteiger partial charge in [-0.15, -0.1) is 0 Å². The zero-order valence-corrected chi connectivity index (χ0v) is 18.0. The smallest absolute Gasteiger partial charge is 0.303 e. The van der Waals surface area contributed by atoms with Crippen LogP contribution in [0.2, 0.25) is 0 Å². The molecule has 1 N–H and O–H groups in total. The molecule has 0 bridgehead atoms. The molecule has 1 aromatic heterocycles. The number of fused-ring (bicyclic) bond motifs is 1. The highest BCUT2D eigenvalue weighted by Gasteiger charge is 2.16. The summed E-state index contributed by atoms with van der Waals surface area (Å²) in [5.41, 5.74) is 1.39. The van der Waals surface area contributed by atoms with Crippen molar-refractivity contribution < 1.29 is 23.8 Å². The Morgan fingerprint density at radius 2 is 1.96 bits per heavy atom. The van der Waals surface area contributed by atoms with E-state index in [0.717, 1.165) is 15.4 Å². The van der Waals surface area contributed by atoms with Gasteiger partial charge in [0.2, 0.25) is 5.91 Å². The third kappa shape index (κ3) is 5.38. The Balaban J connectivity index is 2.32. The van der Waals surface area contributed by atoms with Gasteiger partial charge >= 0.3 is 5.97 Å². The van der Waals surface area contributed by atoms with Crippen LogP contribution >= 0.6 is 15.9 Å².